The van der Waals surface area contributed by atoms with Crippen LogP contribution in [0.4, 0.5) is 4.79 Å². The molecular formula is C18H19N2O4-. The highest BCUT2D eigenvalue weighted by Gasteiger charge is 2.37. The molecule has 0 radical (unpaired) electrons. The Morgan fingerprint density at radius 3 is 2.71 bits per heavy atom. The number of carbonyl (C=O) groups is 2. The van der Waals surface area contributed by atoms with Crippen LogP contribution in [0.25, 0.3) is 0 Å². The summed E-state index contributed by atoms with van der Waals surface area (Å²) in [4.78, 5) is 25.9. The van der Waals surface area contributed by atoms with E-state index in [9.17, 15) is 14.8 Å². The summed E-state index contributed by atoms with van der Waals surface area (Å²) in [6.07, 6.45) is 3.04. The van der Waals surface area contributed by atoms with Gasteiger partial charge in [0.2, 0.25) is 0 Å². The Hall–Kier alpha value is -2.44. The molecule has 126 valence electrons. The van der Waals surface area contributed by atoms with Crippen LogP contribution in [0.15, 0.2) is 53.8 Å². The van der Waals surface area contributed by atoms with Gasteiger partial charge in [0.1, 0.15) is 0 Å². The molecule has 3 rings (SSSR count). The zero-order valence-corrected chi connectivity index (χ0v) is 13.6. The molecule has 2 unspecified atom stereocenters. The molecule has 2 aliphatic heterocycles. The fourth-order valence-corrected chi connectivity index (χ4v) is 3.18. The number of benzene rings is 1. The molecule has 2 atom stereocenters. The average molecular weight is 327 g/mol. The number of hydrogen-bond donors (Lipinski definition) is 0. The molecule has 1 amide bonds. The fourth-order valence-electron chi connectivity index (χ4n) is 3.18. The Kier molecular flexibility index (Phi) is 4.51. The second-order valence-corrected chi connectivity index (χ2v) is 5.95. The molecule has 0 saturated heterocycles. The molecule has 6 nitrogen and oxygen atoms in total. The van der Waals surface area contributed by atoms with Crippen molar-refractivity contribution in [3.8, 4) is 0 Å². The quantitative estimate of drug-likeness (QED) is 0.833. The molecule has 1 aromatic rings. The van der Waals surface area contributed by atoms with Crippen LogP contribution < -0.4 is 0 Å². The number of methoxy groups -OCH3 is 1. The monoisotopic (exact) mass is 327 g/mol. The molecular weight excluding hydrogens is 308 g/mol. The van der Waals surface area contributed by atoms with Crippen molar-refractivity contribution in [2.75, 3.05) is 13.7 Å². The molecule has 0 N–H and O–H groups in total. The summed E-state index contributed by atoms with van der Waals surface area (Å²) < 4.78 is 4.70. The van der Waals surface area contributed by atoms with Gasteiger partial charge in [-0.05, 0) is 30.6 Å². The summed E-state index contributed by atoms with van der Waals surface area (Å²) in [5.41, 5.74) is 2.13. The van der Waals surface area contributed by atoms with Crippen LogP contribution >= 0.6 is 0 Å². The van der Waals surface area contributed by atoms with Crippen LogP contribution in [-0.4, -0.2) is 47.6 Å². The van der Waals surface area contributed by atoms with Gasteiger partial charge >= 0.3 is 6.09 Å². The average Bonchev–Trinajstić information content (AvgIpc) is 2.63. The molecule has 0 saturated carbocycles. The fraction of sp³-hybridized carbons (Fsp3) is 0.333. The van der Waals surface area contributed by atoms with Crippen LogP contribution in [-0.2, 0) is 16.0 Å². The van der Waals surface area contributed by atoms with E-state index in [-0.39, 0.29) is 12.3 Å². The largest absolute Gasteiger partial charge is 0.784 e. The highest BCUT2D eigenvalue weighted by atomic mass is 16.5. The highest BCUT2D eigenvalue weighted by Crippen LogP contribution is 2.31. The van der Waals surface area contributed by atoms with Crippen LogP contribution in [0.3, 0.4) is 0 Å². The maximum Gasteiger partial charge on any atom is 0.413 e. The zero-order chi connectivity index (χ0) is 17.3. The third-order valence-electron chi connectivity index (χ3n) is 4.53. The molecule has 0 aliphatic carbocycles. The van der Waals surface area contributed by atoms with Crippen molar-refractivity contribution < 1.29 is 14.3 Å². The number of hydroxylamine groups is 2. The Morgan fingerprint density at radius 1 is 1.33 bits per heavy atom. The van der Waals surface area contributed by atoms with E-state index in [4.69, 9.17) is 4.74 Å². The first-order chi connectivity index (χ1) is 11.5. The number of carbonyl (C=O) groups excluding carboxylic acids is 2. The van der Waals surface area contributed by atoms with Crippen LogP contribution in [0, 0.1) is 5.21 Å². The lowest BCUT2D eigenvalue weighted by atomic mass is 9.85. The molecule has 6 heteroatoms. The minimum Gasteiger partial charge on any atom is -0.784 e. The van der Waals surface area contributed by atoms with E-state index in [1.807, 2.05) is 30.3 Å². The van der Waals surface area contributed by atoms with Gasteiger partial charge in [0, 0.05) is 17.8 Å². The van der Waals surface area contributed by atoms with E-state index in [2.05, 4.69) is 0 Å². The summed E-state index contributed by atoms with van der Waals surface area (Å²) in [6, 6.07) is 8.26. The van der Waals surface area contributed by atoms with E-state index >= 15 is 0 Å². The predicted octanol–water partition coefficient (Wildman–Crippen LogP) is 2.26. The number of Topliss-reactive ketones (excluding diaryl/α,β-unsaturated/α-hetero) is 1. The van der Waals surface area contributed by atoms with E-state index in [1.54, 1.807) is 19.2 Å². The van der Waals surface area contributed by atoms with E-state index < -0.39 is 18.2 Å². The molecule has 0 bridgehead atoms. The van der Waals surface area contributed by atoms with Crippen LogP contribution in [0.2, 0.25) is 0 Å². The molecule has 0 spiro atoms. The third kappa shape index (κ3) is 2.86. The third-order valence-corrected chi connectivity index (χ3v) is 4.53. The number of nitrogens with zero attached hydrogens (tertiary/aromatic N) is 2. The van der Waals surface area contributed by atoms with Gasteiger partial charge < -0.3 is 15.0 Å². The molecule has 1 aromatic carbocycles. The molecule has 0 aromatic heterocycles. The standard InChI is InChI=1S/C18H19N2O4/c1-12-14-8-9-19(18(22)24-2)11-15(14)17(21)16(20(12)23)10-13-6-4-3-5-7-13/h3-9,12,16H,10-11H2,1-2H3/q-1. The Morgan fingerprint density at radius 2 is 2.04 bits per heavy atom. The van der Waals surface area contributed by atoms with Gasteiger partial charge in [-0.15, -0.1) is 0 Å². The number of ketones is 1. The first-order valence-corrected chi connectivity index (χ1v) is 7.82. The van der Waals surface area contributed by atoms with Gasteiger partial charge in [-0.2, -0.15) is 0 Å². The maximum absolute atomic E-state index is 12.9. The van der Waals surface area contributed by atoms with Gasteiger partial charge in [-0.1, -0.05) is 30.3 Å². The first kappa shape index (κ1) is 16.4. The summed E-state index contributed by atoms with van der Waals surface area (Å²) >= 11 is 0. The number of hydrogen-bond acceptors (Lipinski definition) is 5. The van der Waals surface area contributed by atoms with Crippen LogP contribution in [0.5, 0.6) is 0 Å². The van der Waals surface area contributed by atoms with E-state index in [0.717, 1.165) is 10.6 Å². The number of rotatable bonds is 2. The molecule has 2 heterocycles. The van der Waals surface area contributed by atoms with Crippen molar-refractivity contribution in [3.05, 3.63) is 64.5 Å². The summed E-state index contributed by atoms with van der Waals surface area (Å²) in [7, 11) is 1.29. The Bertz CT molecular complexity index is 711. The zero-order valence-electron chi connectivity index (χ0n) is 13.6. The smallest absolute Gasteiger partial charge is 0.413 e. The lowest BCUT2D eigenvalue weighted by Crippen LogP contribution is -2.52. The van der Waals surface area contributed by atoms with Gasteiger partial charge in [-0.25, -0.2) is 4.79 Å². The Balaban J connectivity index is 1.88. The summed E-state index contributed by atoms with van der Waals surface area (Å²) in [5.74, 6) is -0.222. The SMILES string of the molecule is COC(=O)N1C=CC2=C(C1)C(=O)C(Cc1ccccc1)N([O-])C2C. The topological polar surface area (TPSA) is 72.9 Å². The minimum absolute atomic E-state index is 0.140. The summed E-state index contributed by atoms with van der Waals surface area (Å²) in [5, 5.41) is 13.5. The minimum atomic E-state index is -0.771. The van der Waals surface area contributed by atoms with Crippen molar-refractivity contribution in [3.63, 3.8) is 0 Å². The molecule has 24 heavy (non-hydrogen) atoms. The van der Waals surface area contributed by atoms with E-state index in [0.29, 0.717) is 17.6 Å². The van der Waals surface area contributed by atoms with Gasteiger partial charge in [0.05, 0.1) is 19.7 Å². The number of amides is 1. The normalized spacial score (nSPS) is 24.1. The predicted molar refractivity (Wildman–Crippen MR) is 88.9 cm³/mol. The first-order valence-electron chi connectivity index (χ1n) is 7.82. The van der Waals surface area contributed by atoms with Crippen molar-refractivity contribution in [1.29, 1.82) is 0 Å². The lowest BCUT2D eigenvalue weighted by Gasteiger charge is -2.47. The Labute approximate surface area is 140 Å². The number of ether oxygens (including phenoxy) is 1. The summed E-state index contributed by atoms with van der Waals surface area (Å²) in [6.45, 7) is 1.92. The van der Waals surface area contributed by atoms with Crippen molar-refractivity contribution >= 4 is 11.9 Å². The van der Waals surface area contributed by atoms with Gasteiger partial charge in [-0.3, -0.25) is 9.69 Å². The van der Waals surface area contributed by atoms with Crippen LogP contribution in [0.1, 0.15) is 12.5 Å². The highest BCUT2D eigenvalue weighted by molar-refractivity contribution is 6.03. The van der Waals surface area contributed by atoms with Crippen molar-refractivity contribution in [2.24, 2.45) is 0 Å². The van der Waals surface area contributed by atoms with Crippen molar-refractivity contribution in [1.82, 2.24) is 9.96 Å². The molecule has 0 fully saturated rings. The van der Waals surface area contributed by atoms with E-state index in [1.165, 1.54) is 12.0 Å². The molecule has 2 aliphatic rings. The van der Waals surface area contributed by atoms with Crippen molar-refractivity contribution in [2.45, 2.75) is 25.4 Å². The lowest BCUT2D eigenvalue weighted by molar-refractivity contribution is -0.121. The second kappa shape index (κ2) is 6.59. The maximum atomic E-state index is 12.9. The van der Waals surface area contributed by atoms with Gasteiger partial charge in [0.15, 0.2) is 5.78 Å². The second-order valence-electron chi connectivity index (χ2n) is 5.95. The van der Waals surface area contributed by atoms with Gasteiger partial charge in [0.25, 0.3) is 0 Å².